The molecule has 2 N–H and O–H groups in total. The van der Waals surface area contributed by atoms with Gasteiger partial charge < -0.3 is 29.5 Å². The van der Waals surface area contributed by atoms with Crippen molar-refractivity contribution in [2.45, 2.75) is 9.92 Å². The number of hydrogen-bond donors (Lipinski definition) is 2. The summed E-state index contributed by atoms with van der Waals surface area (Å²) >= 11 is 0. The number of benzene rings is 2. The Labute approximate surface area is 304 Å². The minimum absolute atomic E-state index is 0. The van der Waals surface area contributed by atoms with Crippen LogP contribution in [0.1, 0.15) is 20.7 Å². The van der Waals surface area contributed by atoms with Crippen molar-refractivity contribution in [1.29, 1.82) is 0 Å². The normalized spacial score (nSPS) is 11.7. The van der Waals surface area contributed by atoms with Gasteiger partial charge in [0.05, 0.1) is 28.4 Å². The number of carboxylic acids is 2. The molecule has 0 aliphatic rings. The molecule has 6 aromatic rings. The molecule has 0 saturated heterocycles. The molecule has 0 bridgehead atoms. The zero-order valence-electron chi connectivity index (χ0n) is 25.4. The quantitative estimate of drug-likeness (QED) is 0.125. The second-order valence-corrected chi connectivity index (χ2v) is 12.3. The topological polar surface area (TPSA) is 375 Å². The Morgan fingerprint density at radius 3 is 1.49 bits per heavy atom. The molecule has 0 radical (unpaired) electrons. The molecule has 0 unspecified atom stereocenters. The molecular formula is C27H13N11NiO12S2-4. The fraction of sp³-hybridized carbons (Fsp3) is 0. The standard InChI is InChI=1S/C14H9N5O6S.C13H8N6O6S.Ni/c20-13-8(14(21)22)3-10(12-9(13)5-15-6-17-12)18-19-11-2-1-7(4-16-11)26(23,24)25;20-12-6(13(21)22)1-8(11-7(12)2-14-5-17-11)18-19-9-3-16-10(4-15-9)26(23,24)25;/h1-6,20H,(H,21,22)(H,23,24,25);1-5,20H,(H,21,22)(H,23,24,25);/p-4. The summed E-state index contributed by atoms with van der Waals surface area (Å²) in [6.07, 6.45) is 7.06. The number of carboxylic acid groups (broad SMARTS) is 2. The Kier molecular flexibility index (Phi) is 11.6. The number of nitrogens with zero attached hydrogens (tertiary/aromatic N) is 11. The van der Waals surface area contributed by atoms with E-state index >= 15 is 0 Å². The minimum Gasteiger partial charge on any atom is -0.871 e. The molecule has 274 valence electrons. The van der Waals surface area contributed by atoms with E-state index in [2.05, 4.69) is 55.3 Å². The first-order valence-electron chi connectivity index (χ1n) is 13.4. The van der Waals surface area contributed by atoms with E-state index < -0.39 is 64.7 Å². The molecule has 0 amide bonds. The van der Waals surface area contributed by atoms with Gasteiger partial charge in [0.15, 0.2) is 16.7 Å². The van der Waals surface area contributed by atoms with Crippen molar-refractivity contribution in [3.05, 3.63) is 79.0 Å². The van der Waals surface area contributed by atoms with Gasteiger partial charge in [0, 0.05) is 45.9 Å². The van der Waals surface area contributed by atoms with Crippen molar-refractivity contribution >= 4 is 77.0 Å². The number of fused-ring (bicyclic) bond motifs is 2. The zero-order chi connectivity index (χ0) is 37.8. The van der Waals surface area contributed by atoms with Crippen molar-refractivity contribution in [2.24, 2.45) is 20.5 Å². The molecule has 0 aliphatic heterocycles. The van der Waals surface area contributed by atoms with Crippen LogP contribution in [0.25, 0.3) is 21.8 Å². The molecular weight excluding hydrogens is 793 g/mol. The van der Waals surface area contributed by atoms with Gasteiger partial charge in [0.1, 0.15) is 55.3 Å². The van der Waals surface area contributed by atoms with E-state index in [1.807, 2.05) is 0 Å². The molecule has 0 fully saturated rings. The number of hydrogen-bond acceptors (Lipinski definition) is 21. The SMILES string of the molecule is O=C(O)c1cc(N=Nc2ccc(S(=O)(=O)[O-])cn2)c2ncncc2c1[O-].O=C(O)c1cc(N=Nc2cnc(S(=O)(=O)[O-])cn2)c2ncncc2c1[O-].[Ni]. The first-order chi connectivity index (χ1) is 24.5. The van der Waals surface area contributed by atoms with Gasteiger partial charge in [-0.05, 0) is 24.3 Å². The van der Waals surface area contributed by atoms with E-state index in [1.54, 1.807) is 0 Å². The van der Waals surface area contributed by atoms with E-state index in [9.17, 15) is 45.7 Å². The summed E-state index contributed by atoms with van der Waals surface area (Å²) in [7, 11) is -9.39. The molecule has 2 aromatic carbocycles. The molecule has 4 heterocycles. The molecule has 0 aliphatic carbocycles. The fourth-order valence-electron chi connectivity index (χ4n) is 3.98. The average molecular weight is 806 g/mol. The summed E-state index contributed by atoms with van der Waals surface area (Å²) in [5.74, 6) is -4.61. The third-order valence-electron chi connectivity index (χ3n) is 6.31. The second-order valence-electron chi connectivity index (χ2n) is 9.60. The second kappa shape index (κ2) is 15.7. The number of aromatic nitrogens is 7. The Morgan fingerprint density at radius 1 is 0.604 bits per heavy atom. The zero-order valence-corrected chi connectivity index (χ0v) is 28.0. The predicted octanol–water partition coefficient (Wildman–Crippen LogP) is 1.62. The monoisotopic (exact) mass is 805 g/mol. The van der Waals surface area contributed by atoms with Crippen LogP contribution in [0.3, 0.4) is 0 Å². The number of rotatable bonds is 8. The fourth-order valence-corrected chi connectivity index (χ4v) is 4.76. The van der Waals surface area contributed by atoms with Gasteiger partial charge in [-0.2, -0.15) is 0 Å². The van der Waals surface area contributed by atoms with Crippen LogP contribution in [0.15, 0.2) is 98.3 Å². The molecule has 6 rings (SSSR count). The summed E-state index contributed by atoms with van der Waals surface area (Å²) in [6.45, 7) is 0. The van der Waals surface area contributed by atoms with Gasteiger partial charge in [-0.15, -0.1) is 20.5 Å². The number of pyridine rings is 1. The Hall–Kier alpha value is -6.60. The van der Waals surface area contributed by atoms with Crippen molar-refractivity contribution in [1.82, 2.24) is 34.9 Å². The van der Waals surface area contributed by atoms with Crippen molar-refractivity contribution in [2.75, 3.05) is 0 Å². The Morgan fingerprint density at radius 2 is 1.09 bits per heavy atom. The summed E-state index contributed by atoms with van der Waals surface area (Å²) in [4.78, 5) is 47.7. The maximum absolute atomic E-state index is 12.1. The van der Waals surface area contributed by atoms with Gasteiger partial charge in [0.25, 0.3) is 0 Å². The predicted molar refractivity (Wildman–Crippen MR) is 162 cm³/mol. The van der Waals surface area contributed by atoms with Crippen LogP contribution in [-0.2, 0) is 36.7 Å². The van der Waals surface area contributed by atoms with Crippen LogP contribution < -0.4 is 10.2 Å². The first kappa shape index (κ1) is 39.2. The maximum atomic E-state index is 12.1. The maximum Gasteiger partial charge on any atom is 0.335 e. The number of carbonyl (C=O) groups is 2. The van der Waals surface area contributed by atoms with Gasteiger partial charge in [0.2, 0.25) is 0 Å². The van der Waals surface area contributed by atoms with Crippen LogP contribution in [0, 0.1) is 0 Å². The van der Waals surface area contributed by atoms with Crippen LogP contribution in [0.2, 0.25) is 0 Å². The first-order valence-corrected chi connectivity index (χ1v) is 16.2. The van der Waals surface area contributed by atoms with Crippen molar-refractivity contribution in [3.63, 3.8) is 0 Å². The van der Waals surface area contributed by atoms with Crippen molar-refractivity contribution < 1.29 is 72.4 Å². The summed E-state index contributed by atoms with van der Waals surface area (Å²) in [5, 5.41) is 56.6. The van der Waals surface area contributed by atoms with E-state index in [0.717, 1.165) is 55.5 Å². The Balaban J connectivity index is 0.000000232. The molecule has 26 heteroatoms. The summed E-state index contributed by atoms with van der Waals surface area (Å²) in [6, 6.07) is 4.16. The molecule has 0 atom stereocenters. The molecule has 0 spiro atoms. The third-order valence-corrected chi connectivity index (χ3v) is 7.85. The minimum atomic E-state index is -4.75. The van der Waals surface area contributed by atoms with Gasteiger partial charge in [-0.3, -0.25) is 0 Å². The summed E-state index contributed by atoms with van der Waals surface area (Å²) in [5.41, 5.74) is -0.950. The van der Waals surface area contributed by atoms with Crippen LogP contribution >= 0.6 is 0 Å². The molecule has 0 saturated carbocycles. The van der Waals surface area contributed by atoms with Crippen LogP contribution in [0.5, 0.6) is 11.5 Å². The Bertz CT molecular complexity index is 2480. The van der Waals surface area contributed by atoms with Gasteiger partial charge in [-0.25, -0.2) is 61.3 Å². The average Bonchev–Trinajstić information content (AvgIpc) is 3.11. The van der Waals surface area contributed by atoms with Crippen LogP contribution in [-0.4, -0.2) is 83.0 Å². The molecule has 4 aromatic heterocycles. The van der Waals surface area contributed by atoms with E-state index in [0.29, 0.717) is 6.20 Å². The smallest absolute Gasteiger partial charge is 0.335 e. The van der Waals surface area contributed by atoms with E-state index in [1.165, 1.54) is 6.20 Å². The van der Waals surface area contributed by atoms with Crippen LogP contribution in [0.4, 0.5) is 23.0 Å². The molecule has 53 heavy (non-hydrogen) atoms. The van der Waals surface area contributed by atoms with E-state index in [4.69, 9.17) is 10.2 Å². The summed E-state index contributed by atoms with van der Waals surface area (Å²) < 4.78 is 64.9. The molecule has 23 nitrogen and oxygen atoms in total. The van der Waals surface area contributed by atoms with Gasteiger partial charge >= 0.3 is 11.9 Å². The van der Waals surface area contributed by atoms with E-state index in [-0.39, 0.29) is 61.3 Å². The van der Waals surface area contributed by atoms with Crippen molar-refractivity contribution in [3.8, 4) is 11.5 Å². The third kappa shape index (κ3) is 9.02. The number of azo groups is 2. The van der Waals surface area contributed by atoms with Gasteiger partial charge in [-0.1, -0.05) is 11.5 Å². The largest absolute Gasteiger partial charge is 0.871 e. The number of aromatic carboxylic acids is 2.